The summed E-state index contributed by atoms with van der Waals surface area (Å²) in [7, 11) is 0. The van der Waals surface area contributed by atoms with Crippen molar-refractivity contribution >= 4 is 34.5 Å². The third-order valence-corrected chi connectivity index (χ3v) is 4.39. The van der Waals surface area contributed by atoms with Gasteiger partial charge >= 0.3 is 0 Å². The van der Waals surface area contributed by atoms with Gasteiger partial charge in [0, 0.05) is 11.4 Å². The molecule has 9 heteroatoms. The van der Waals surface area contributed by atoms with E-state index in [0.717, 1.165) is 11.4 Å². The maximum Gasteiger partial charge on any atom is 0.186 e. The van der Waals surface area contributed by atoms with Crippen LogP contribution in [0.15, 0.2) is 39.2 Å². The Morgan fingerprint density at radius 3 is 2.96 bits per heavy atom. The molecule has 0 fully saturated rings. The molecule has 6 nitrogen and oxygen atoms in total. The summed E-state index contributed by atoms with van der Waals surface area (Å²) in [5.74, 6) is -0.0484. The average Bonchev–Trinajstić information content (AvgIpc) is 3.24. The number of halogens is 2. The highest BCUT2D eigenvalue weighted by Crippen LogP contribution is 2.25. The number of amidine groups is 1. The molecule has 2 N–H and O–H groups in total. The largest absolute Gasteiger partial charge is 0.354 e. The van der Waals surface area contributed by atoms with E-state index in [1.54, 1.807) is 6.07 Å². The first-order chi connectivity index (χ1) is 11.6. The summed E-state index contributed by atoms with van der Waals surface area (Å²) in [6.45, 7) is 2.02. The molecule has 0 aliphatic carbocycles. The Morgan fingerprint density at radius 2 is 2.29 bits per heavy atom. The molecule has 0 aliphatic rings. The first-order valence-corrected chi connectivity index (χ1v) is 8.22. The highest BCUT2D eigenvalue weighted by atomic mass is 35.5. The number of nitrogens with one attached hydrogen (secondary N) is 1. The lowest BCUT2D eigenvalue weighted by molar-refractivity contribution is 0.234. The summed E-state index contributed by atoms with van der Waals surface area (Å²) < 4.78 is 18.4. The fourth-order valence-electron chi connectivity index (χ4n) is 1.92. The molecule has 2 heterocycles. The summed E-state index contributed by atoms with van der Waals surface area (Å²) in [6, 6.07) is 5.55. The molecule has 0 unspecified atom stereocenters. The van der Waals surface area contributed by atoms with Crippen LogP contribution in [0.4, 0.5) is 10.1 Å². The van der Waals surface area contributed by atoms with Crippen LogP contribution in [0.2, 0.25) is 5.02 Å². The number of hydroxylamine groups is 1. The molecule has 0 atom stereocenters. The van der Waals surface area contributed by atoms with Gasteiger partial charge in [-0.1, -0.05) is 23.7 Å². The molecule has 0 saturated heterocycles. The Kier molecular flexibility index (Phi) is 4.89. The van der Waals surface area contributed by atoms with Gasteiger partial charge in [-0.15, -0.1) is 11.3 Å². The van der Waals surface area contributed by atoms with E-state index < -0.39 is 5.82 Å². The molecule has 0 aliphatic heterocycles. The third kappa shape index (κ3) is 3.45. The molecular weight excluding hydrogens is 355 g/mol. The summed E-state index contributed by atoms with van der Waals surface area (Å²) in [5, 5.41) is 16.0. The summed E-state index contributed by atoms with van der Waals surface area (Å²) in [6.07, 6.45) is 0.835. The number of thiazole rings is 1. The second-order valence-electron chi connectivity index (χ2n) is 4.73. The zero-order valence-electron chi connectivity index (χ0n) is 12.5. The van der Waals surface area contributed by atoms with Gasteiger partial charge in [-0.2, -0.15) is 0 Å². The number of nitrogens with zero attached hydrogens (tertiary/aromatic N) is 3. The predicted octanol–water partition coefficient (Wildman–Crippen LogP) is 4.21. The molecule has 24 heavy (non-hydrogen) atoms. The van der Waals surface area contributed by atoms with E-state index in [9.17, 15) is 9.60 Å². The molecule has 3 aromatic rings. The number of hydrogen-bond acceptors (Lipinski definition) is 6. The van der Waals surface area contributed by atoms with Gasteiger partial charge in [0.05, 0.1) is 15.7 Å². The SMILES string of the molecule is CCc1nc(-c2cc(C(=Nc3ccc(F)c(Cl)c3)NO)no2)cs1. The van der Waals surface area contributed by atoms with Gasteiger partial charge in [-0.3, -0.25) is 10.7 Å². The normalized spacial score (nSPS) is 11.8. The fraction of sp³-hybridized carbons (Fsp3) is 0.133. The van der Waals surface area contributed by atoms with Crippen LogP contribution in [-0.2, 0) is 6.42 Å². The van der Waals surface area contributed by atoms with Crippen LogP contribution >= 0.6 is 22.9 Å². The molecule has 3 rings (SSSR count). The molecule has 1 aromatic carbocycles. The number of rotatable bonds is 4. The van der Waals surface area contributed by atoms with Gasteiger partial charge in [-0.05, 0) is 24.6 Å². The maximum atomic E-state index is 13.2. The van der Waals surface area contributed by atoms with E-state index in [2.05, 4.69) is 15.1 Å². The van der Waals surface area contributed by atoms with E-state index in [1.807, 2.05) is 17.8 Å². The first kappa shape index (κ1) is 16.6. The summed E-state index contributed by atoms with van der Waals surface area (Å²) in [5.41, 5.74) is 3.25. The minimum absolute atomic E-state index is 0.0404. The average molecular weight is 367 g/mol. The topological polar surface area (TPSA) is 83.5 Å². The van der Waals surface area contributed by atoms with Crippen LogP contribution in [0.5, 0.6) is 0 Å². The van der Waals surface area contributed by atoms with E-state index in [1.165, 1.54) is 29.5 Å². The summed E-state index contributed by atoms with van der Waals surface area (Å²) >= 11 is 7.25. The molecule has 0 radical (unpaired) electrons. The first-order valence-electron chi connectivity index (χ1n) is 6.96. The number of aryl methyl sites for hydroxylation is 1. The van der Waals surface area contributed by atoms with Gasteiger partial charge in [0.15, 0.2) is 17.3 Å². The zero-order valence-corrected chi connectivity index (χ0v) is 14.0. The van der Waals surface area contributed by atoms with E-state index in [0.29, 0.717) is 17.1 Å². The van der Waals surface area contributed by atoms with Crippen molar-refractivity contribution in [2.45, 2.75) is 13.3 Å². The van der Waals surface area contributed by atoms with Gasteiger partial charge in [0.1, 0.15) is 11.5 Å². The van der Waals surface area contributed by atoms with Crippen LogP contribution in [-0.4, -0.2) is 21.2 Å². The van der Waals surface area contributed by atoms with Crippen LogP contribution in [0.1, 0.15) is 17.6 Å². The zero-order chi connectivity index (χ0) is 17.1. The van der Waals surface area contributed by atoms with Crippen molar-refractivity contribution in [1.82, 2.24) is 15.6 Å². The Balaban J connectivity index is 1.91. The smallest absolute Gasteiger partial charge is 0.186 e. The predicted molar refractivity (Wildman–Crippen MR) is 89.5 cm³/mol. The van der Waals surface area contributed by atoms with Crippen molar-refractivity contribution in [3.05, 3.63) is 51.2 Å². The third-order valence-electron chi connectivity index (χ3n) is 3.11. The number of hydrogen-bond donors (Lipinski definition) is 2. The lowest BCUT2D eigenvalue weighted by Gasteiger charge is -2.01. The Hall–Kier alpha value is -2.29. The monoisotopic (exact) mass is 366 g/mol. The molecule has 124 valence electrons. The van der Waals surface area contributed by atoms with Gasteiger partial charge in [-0.25, -0.2) is 14.4 Å². The van der Waals surface area contributed by atoms with Crippen molar-refractivity contribution in [2.24, 2.45) is 4.99 Å². The van der Waals surface area contributed by atoms with Crippen LogP contribution in [0, 0.1) is 5.82 Å². The van der Waals surface area contributed by atoms with E-state index in [4.69, 9.17) is 16.1 Å². The van der Waals surface area contributed by atoms with Crippen LogP contribution < -0.4 is 5.48 Å². The van der Waals surface area contributed by atoms with Gasteiger partial charge in [0.25, 0.3) is 0 Å². The van der Waals surface area contributed by atoms with Crippen LogP contribution in [0.3, 0.4) is 0 Å². The standard InChI is InChI=1S/C15H12ClFN4O2S/c1-2-14-19-12(7-24-14)13-6-11(21-23-13)15(20-22)18-8-3-4-10(17)9(16)5-8/h3-7,22H,2H2,1H3,(H,18,20). The van der Waals surface area contributed by atoms with Crippen LogP contribution in [0.25, 0.3) is 11.5 Å². The molecule has 0 amide bonds. The maximum absolute atomic E-state index is 13.2. The van der Waals surface area contributed by atoms with E-state index >= 15 is 0 Å². The van der Waals surface area contributed by atoms with Crippen molar-refractivity contribution in [2.75, 3.05) is 0 Å². The lowest BCUT2D eigenvalue weighted by atomic mass is 10.3. The molecule has 0 bridgehead atoms. The lowest BCUT2D eigenvalue weighted by Crippen LogP contribution is -2.20. The second kappa shape index (κ2) is 7.08. The Labute approximate surface area is 145 Å². The van der Waals surface area contributed by atoms with Crippen molar-refractivity contribution in [3.63, 3.8) is 0 Å². The quantitative estimate of drug-likeness (QED) is 0.410. The highest BCUT2D eigenvalue weighted by molar-refractivity contribution is 7.09. The molecule has 2 aromatic heterocycles. The molecule has 0 spiro atoms. The highest BCUT2D eigenvalue weighted by Gasteiger charge is 2.14. The minimum atomic E-state index is -0.548. The van der Waals surface area contributed by atoms with Crippen molar-refractivity contribution < 1.29 is 14.1 Å². The van der Waals surface area contributed by atoms with Crippen molar-refractivity contribution in [3.8, 4) is 11.5 Å². The van der Waals surface area contributed by atoms with Gasteiger partial charge < -0.3 is 4.52 Å². The second-order valence-corrected chi connectivity index (χ2v) is 6.08. The summed E-state index contributed by atoms with van der Waals surface area (Å²) in [4.78, 5) is 8.55. The van der Waals surface area contributed by atoms with E-state index in [-0.39, 0.29) is 16.6 Å². The number of aromatic nitrogens is 2. The van der Waals surface area contributed by atoms with Gasteiger partial charge in [0.2, 0.25) is 0 Å². The minimum Gasteiger partial charge on any atom is -0.354 e. The fourth-order valence-corrected chi connectivity index (χ4v) is 2.83. The van der Waals surface area contributed by atoms with Crippen molar-refractivity contribution in [1.29, 1.82) is 0 Å². The number of benzene rings is 1. The molecule has 0 saturated carbocycles. The Morgan fingerprint density at radius 1 is 1.46 bits per heavy atom. The molecular formula is C15H12ClFN4O2S. The number of aliphatic imine (C=N–C) groups is 1. The Bertz CT molecular complexity index is 893.